The largest absolute Gasteiger partial charge is 0.382 e. The summed E-state index contributed by atoms with van der Waals surface area (Å²) in [6.45, 7) is 9.16. The molecule has 0 aliphatic carbocycles. The Morgan fingerprint density at radius 3 is 1.95 bits per heavy atom. The van der Waals surface area contributed by atoms with Gasteiger partial charge in [-0.25, -0.2) is 0 Å². The standard InChI is InChI=1S/C14H31Cl2N2O3/c1-14(2,17(15)16)6-7-18(3,4)8-9-20-12-13-21-11-10-19-5/h6-13H2,1-5H3/q+1. The molecule has 7 heteroatoms. The number of quaternary nitrogens is 1. The summed E-state index contributed by atoms with van der Waals surface area (Å²) in [5, 5.41) is 0. The molecule has 0 saturated carbocycles. The second-order valence-electron chi connectivity index (χ2n) is 6.40. The van der Waals surface area contributed by atoms with E-state index in [1.807, 2.05) is 13.8 Å². The van der Waals surface area contributed by atoms with Gasteiger partial charge in [0.15, 0.2) is 0 Å². The number of nitrogens with zero attached hydrogens (tertiary/aromatic N) is 2. The molecule has 0 atom stereocenters. The van der Waals surface area contributed by atoms with Crippen LogP contribution >= 0.6 is 23.6 Å². The third kappa shape index (κ3) is 11.6. The Hall–Kier alpha value is 0.380. The average Bonchev–Trinajstić information content (AvgIpc) is 2.40. The van der Waals surface area contributed by atoms with Gasteiger partial charge in [-0.15, -0.1) is 3.94 Å². The van der Waals surface area contributed by atoms with E-state index in [0.717, 1.165) is 24.0 Å². The maximum atomic E-state index is 5.84. The topological polar surface area (TPSA) is 30.9 Å². The highest BCUT2D eigenvalue weighted by molar-refractivity contribution is 6.34. The van der Waals surface area contributed by atoms with Crippen molar-refractivity contribution in [3.8, 4) is 0 Å². The Morgan fingerprint density at radius 2 is 1.43 bits per heavy atom. The lowest BCUT2D eigenvalue weighted by atomic mass is 10.0. The van der Waals surface area contributed by atoms with Crippen molar-refractivity contribution in [1.29, 1.82) is 0 Å². The predicted octanol–water partition coefficient (Wildman–Crippen LogP) is 2.52. The van der Waals surface area contributed by atoms with Gasteiger partial charge < -0.3 is 18.7 Å². The van der Waals surface area contributed by atoms with Crippen molar-refractivity contribution < 1.29 is 18.7 Å². The maximum absolute atomic E-state index is 5.84. The minimum absolute atomic E-state index is 0.228. The van der Waals surface area contributed by atoms with Crippen LogP contribution in [0.25, 0.3) is 0 Å². The second-order valence-corrected chi connectivity index (χ2v) is 7.25. The first kappa shape index (κ1) is 21.4. The molecule has 0 rings (SSSR count). The number of methoxy groups -OCH3 is 1. The van der Waals surface area contributed by atoms with E-state index in [1.165, 1.54) is 3.94 Å². The second kappa shape index (κ2) is 11.0. The molecule has 0 aromatic rings. The fourth-order valence-electron chi connectivity index (χ4n) is 1.55. The molecule has 0 bridgehead atoms. The van der Waals surface area contributed by atoms with Gasteiger partial charge in [0.25, 0.3) is 0 Å². The first-order valence-corrected chi connectivity index (χ1v) is 7.97. The molecule has 0 aromatic heterocycles. The van der Waals surface area contributed by atoms with Crippen molar-refractivity contribution in [3.63, 3.8) is 0 Å². The van der Waals surface area contributed by atoms with Crippen LogP contribution in [0.2, 0.25) is 0 Å². The van der Waals surface area contributed by atoms with Crippen LogP contribution < -0.4 is 0 Å². The lowest BCUT2D eigenvalue weighted by molar-refractivity contribution is -0.891. The Morgan fingerprint density at radius 1 is 0.905 bits per heavy atom. The van der Waals surface area contributed by atoms with Crippen LogP contribution in [0.1, 0.15) is 20.3 Å². The summed E-state index contributed by atoms with van der Waals surface area (Å²) < 4.78 is 17.9. The maximum Gasteiger partial charge on any atom is 0.102 e. The zero-order chi connectivity index (χ0) is 16.4. The van der Waals surface area contributed by atoms with Crippen LogP contribution in [0.3, 0.4) is 0 Å². The van der Waals surface area contributed by atoms with E-state index in [9.17, 15) is 0 Å². The lowest BCUT2D eigenvalue weighted by Crippen LogP contribution is -2.46. The predicted molar refractivity (Wildman–Crippen MR) is 87.6 cm³/mol. The number of hydrogen-bond donors (Lipinski definition) is 0. The van der Waals surface area contributed by atoms with Crippen molar-refractivity contribution in [2.24, 2.45) is 0 Å². The van der Waals surface area contributed by atoms with Crippen LogP contribution in [0.15, 0.2) is 0 Å². The normalized spacial score (nSPS) is 13.1. The van der Waals surface area contributed by atoms with E-state index < -0.39 is 0 Å². The molecule has 0 radical (unpaired) electrons. The van der Waals surface area contributed by atoms with Crippen molar-refractivity contribution >= 4 is 23.6 Å². The highest BCUT2D eigenvalue weighted by atomic mass is 35.5. The monoisotopic (exact) mass is 345 g/mol. The molecule has 0 amide bonds. The SMILES string of the molecule is COCCOCCOCC[N+](C)(C)CCC(C)(C)N(Cl)Cl. The summed E-state index contributed by atoms with van der Waals surface area (Å²) in [4.78, 5) is 0. The van der Waals surface area contributed by atoms with Crippen LogP contribution in [0.5, 0.6) is 0 Å². The molecule has 0 aliphatic rings. The molecular weight excluding hydrogens is 315 g/mol. The smallest absolute Gasteiger partial charge is 0.102 e. The van der Waals surface area contributed by atoms with Gasteiger partial charge in [0.1, 0.15) is 6.54 Å². The first-order valence-electron chi connectivity index (χ1n) is 7.29. The number of hydrogen-bond acceptors (Lipinski definition) is 4. The number of likely N-dealkylation sites (N-methyl/N-ethyl adjacent to an activating group) is 1. The summed E-state index contributed by atoms with van der Waals surface area (Å²) in [6, 6.07) is 0. The first-order chi connectivity index (χ1) is 9.71. The molecule has 5 nitrogen and oxygen atoms in total. The Balaban J connectivity index is 3.69. The Kier molecular flexibility index (Phi) is 11.2. The fourth-order valence-corrected chi connectivity index (χ4v) is 1.72. The van der Waals surface area contributed by atoms with Crippen molar-refractivity contribution in [3.05, 3.63) is 0 Å². The molecule has 0 fully saturated rings. The number of rotatable bonds is 13. The van der Waals surface area contributed by atoms with E-state index >= 15 is 0 Å². The highest BCUT2D eigenvalue weighted by Gasteiger charge is 2.28. The fraction of sp³-hybridized carbons (Fsp3) is 1.00. The molecule has 0 N–H and O–H groups in total. The van der Waals surface area contributed by atoms with Gasteiger partial charge in [0, 0.05) is 13.5 Å². The zero-order valence-electron chi connectivity index (χ0n) is 14.0. The van der Waals surface area contributed by atoms with Crippen LogP contribution in [0, 0.1) is 0 Å². The minimum Gasteiger partial charge on any atom is -0.382 e. The molecule has 0 saturated heterocycles. The molecule has 21 heavy (non-hydrogen) atoms. The molecule has 0 spiro atoms. The summed E-state index contributed by atoms with van der Waals surface area (Å²) in [5.41, 5.74) is -0.228. The van der Waals surface area contributed by atoms with Gasteiger partial charge in [0.05, 0.1) is 59.2 Å². The highest BCUT2D eigenvalue weighted by Crippen LogP contribution is 2.24. The minimum atomic E-state index is -0.228. The molecule has 0 heterocycles. The van der Waals surface area contributed by atoms with E-state index in [-0.39, 0.29) is 5.54 Å². The molecule has 0 aliphatic heterocycles. The van der Waals surface area contributed by atoms with Gasteiger partial charge in [-0.05, 0) is 37.4 Å². The van der Waals surface area contributed by atoms with Crippen molar-refractivity contribution in [2.75, 3.05) is 67.3 Å². The van der Waals surface area contributed by atoms with Gasteiger partial charge in [0.2, 0.25) is 0 Å². The quantitative estimate of drug-likeness (QED) is 0.291. The summed E-state index contributed by atoms with van der Waals surface area (Å²) >= 11 is 11.7. The van der Waals surface area contributed by atoms with E-state index in [4.69, 9.17) is 37.8 Å². The summed E-state index contributed by atoms with van der Waals surface area (Å²) in [7, 11) is 6.03. The van der Waals surface area contributed by atoms with Gasteiger partial charge >= 0.3 is 0 Å². The molecule has 0 unspecified atom stereocenters. The Labute approximate surface area is 139 Å². The Bertz CT molecular complexity index is 265. The van der Waals surface area contributed by atoms with Crippen LogP contribution in [-0.4, -0.2) is 81.3 Å². The lowest BCUT2D eigenvalue weighted by Gasteiger charge is -2.34. The summed E-state index contributed by atoms with van der Waals surface area (Å²) in [6.07, 6.45) is 0.910. The zero-order valence-corrected chi connectivity index (χ0v) is 15.5. The molecule has 0 aromatic carbocycles. The van der Waals surface area contributed by atoms with Gasteiger partial charge in [-0.2, -0.15) is 0 Å². The van der Waals surface area contributed by atoms with Gasteiger partial charge in [-0.1, -0.05) is 0 Å². The van der Waals surface area contributed by atoms with E-state index in [1.54, 1.807) is 7.11 Å². The van der Waals surface area contributed by atoms with Gasteiger partial charge in [-0.3, -0.25) is 0 Å². The number of ether oxygens (including phenoxy) is 3. The summed E-state index contributed by atoms with van der Waals surface area (Å²) in [5.74, 6) is 0. The van der Waals surface area contributed by atoms with Crippen LogP contribution in [-0.2, 0) is 14.2 Å². The van der Waals surface area contributed by atoms with Crippen molar-refractivity contribution in [2.45, 2.75) is 25.8 Å². The van der Waals surface area contributed by atoms with E-state index in [0.29, 0.717) is 33.0 Å². The van der Waals surface area contributed by atoms with E-state index in [2.05, 4.69) is 14.1 Å². The van der Waals surface area contributed by atoms with Crippen molar-refractivity contribution in [1.82, 2.24) is 3.94 Å². The molecular formula is C14H31Cl2N2O3+. The third-order valence-corrected chi connectivity index (χ3v) is 4.35. The van der Waals surface area contributed by atoms with Crippen LogP contribution in [0.4, 0.5) is 0 Å². The third-order valence-electron chi connectivity index (χ3n) is 3.43. The molecule has 128 valence electrons. The average molecular weight is 346 g/mol. The number of halogens is 2.